The fraction of sp³-hybridized carbons (Fsp3) is 0.172. The van der Waals surface area contributed by atoms with Gasteiger partial charge in [-0.2, -0.15) is 0 Å². The van der Waals surface area contributed by atoms with Crippen molar-refractivity contribution in [2.75, 3.05) is 51.3 Å². The molecule has 0 aliphatic carbocycles. The lowest BCUT2D eigenvalue weighted by Crippen LogP contribution is -2.22. The van der Waals surface area contributed by atoms with Gasteiger partial charge in [0, 0.05) is 38.2 Å². The third-order valence-corrected chi connectivity index (χ3v) is 6.21. The standard InChI is InChI=1S/C29H27F2N5O6/c1-7-22(37)35-17-10-14(29(39)36(3)4)8-9-16(17)34-21-11-15-20(13-33-21)42-28(26(15)32-2)27(38)23-24(30)18(40-5)12-19(41-6)25(23)31/h7-13,32H,1H2,2-6H3,(H,33,34)(H,35,37). The maximum Gasteiger partial charge on any atom is 0.253 e. The largest absolute Gasteiger partial charge is 0.494 e. The van der Waals surface area contributed by atoms with Crippen LogP contribution in [0.1, 0.15) is 26.5 Å². The average molecular weight is 580 g/mol. The summed E-state index contributed by atoms with van der Waals surface area (Å²) in [7, 11) is 7.06. The van der Waals surface area contributed by atoms with Gasteiger partial charge in [-0.15, -0.1) is 0 Å². The number of halogens is 2. The Morgan fingerprint density at radius 1 is 1.02 bits per heavy atom. The second-order valence-electron chi connectivity index (χ2n) is 9.01. The summed E-state index contributed by atoms with van der Waals surface area (Å²) in [5.41, 5.74) is 0.389. The van der Waals surface area contributed by atoms with Crippen LogP contribution in [0, 0.1) is 11.6 Å². The highest BCUT2D eigenvalue weighted by Crippen LogP contribution is 2.38. The molecule has 2 aromatic carbocycles. The van der Waals surface area contributed by atoms with Crippen molar-refractivity contribution in [2.24, 2.45) is 0 Å². The number of benzene rings is 2. The molecule has 0 saturated carbocycles. The number of amides is 2. The SMILES string of the molecule is C=CC(=O)Nc1cc(C(=O)N(C)C)ccc1Nc1cc2c(NC)c(C(=O)c3c(F)c(OC)cc(OC)c3F)oc2cn1. The Kier molecular flexibility index (Phi) is 8.41. The fourth-order valence-corrected chi connectivity index (χ4v) is 4.15. The Bertz CT molecular complexity index is 1710. The Hall–Kier alpha value is -5.46. The van der Waals surface area contributed by atoms with Gasteiger partial charge in [0.25, 0.3) is 5.91 Å². The number of hydrogen-bond acceptors (Lipinski definition) is 9. The van der Waals surface area contributed by atoms with Crippen molar-refractivity contribution in [2.45, 2.75) is 0 Å². The molecule has 11 nitrogen and oxygen atoms in total. The second-order valence-corrected chi connectivity index (χ2v) is 9.01. The zero-order valence-electron chi connectivity index (χ0n) is 23.3. The molecule has 0 saturated heterocycles. The number of furan rings is 1. The molecule has 4 rings (SSSR count). The van der Waals surface area contributed by atoms with Crippen LogP contribution < -0.4 is 25.4 Å². The van der Waals surface area contributed by atoms with Crippen LogP contribution in [0.2, 0.25) is 0 Å². The van der Waals surface area contributed by atoms with Gasteiger partial charge in [-0.25, -0.2) is 13.8 Å². The van der Waals surface area contributed by atoms with E-state index in [-0.39, 0.29) is 45.9 Å². The Morgan fingerprint density at radius 3 is 2.26 bits per heavy atom. The number of hydrogen-bond donors (Lipinski definition) is 3. The maximum absolute atomic E-state index is 15.1. The number of nitrogens with zero attached hydrogens (tertiary/aromatic N) is 2. The van der Waals surface area contributed by atoms with Crippen LogP contribution in [0.4, 0.5) is 31.7 Å². The molecule has 0 unspecified atom stereocenters. The van der Waals surface area contributed by atoms with Gasteiger partial charge in [0.2, 0.25) is 11.7 Å². The molecular weight excluding hydrogens is 552 g/mol. The summed E-state index contributed by atoms with van der Waals surface area (Å²) in [5.74, 6) is -5.17. The summed E-state index contributed by atoms with van der Waals surface area (Å²) in [5, 5.41) is 8.93. The van der Waals surface area contributed by atoms with Crippen molar-refractivity contribution >= 4 is 51.4 Å². The number of methoxy groups -OCH3 is 2. The van der Waals surface area contributed by atoms with Crippen LogP contribution in [0.15, 0.2) is 53.6 Å². The van der Waals surface area contributed by atoms with Crippen molar-refractivity contribution in [3.05, 3.63) is 77.7 Å². The van der Waals surface area contributed by atoms with E-state index in [1.54, 1.807) is 26.2 Å². The van der Waals surface area contributed by atoms with Crippen molar-refractivity contribution in [1.29, 1.82) is 0 Å². The van der Waals surface area contributed by atoms with Gasteiger partial charge >= 0.3 is 0 Å². The van der Waals surface area contributed by atoms with Gasteiger partial charge in [-0.3, -0.25) is 14.4 Å². The van der Waals surface area contributed by atoms with Crippen LogP contribution in [-0.4, -0.2) is 62.8 Å². The van der Waals surface area contributed by atoms with Crippen LogP contribution >= 0.6 is 0 Å². The van der Waals surface area contributed by atoms with Crippen LogP contribution in [0.5, 0.6) is 11.5 Å². The molecule has 42 heavy (non-hydrogen) atoms. The number of aromatic nitrogens is 1. The summed E-state index contributed by atoms with van der Waals surface area (Å²) in [6, 6.07) is 7.20. The minimum Gasteiger partial charge on any atom is -0.494 e. The Labute approximate surface area is 239 Å². The third kappa shape index (κ3) is 5.44. The first-order chi connectivity index (χ1) is 20.0. The van der Waals surface area contributed by atoms with Crippen LogP contribution in [-0.2, 0) is 4.79 Å². The third-order valence-electron chi connectivity index (χ3n) is 6.21. The first-order valence-electron chi connectivity index (χ1n) is 12.4. The van der Waals surface area contributed by atoms with Gasteiger partial charge < -0.3 is 34.7 Å². The van der Waals surface area contributed by atoms with Gasteiger partial charge in [0.1, 0.15) is 11.4 Å². The van der Waals surface area contributed by atoms with E-state index in [0.717, 1.165) is 12.1 Å². The van der Waals surface area contributed by atoms with Crippen molar-refractivity contribution < 1.29 is 37.1 Å². The number of ether oxygens (including phenoxy) is 2. The van der Waals surface area contributed by atoms with E-state index < -0.39 is 28.9 Å². The molecule has 0 bridgehead atoms. The smallest absolute Gasteiger partial charge is 0.253 e. The molecule has 0 aliphatic rings. The number of fused-ring (bicyclic) bond motifs is 1. The highest BCUT2D eigenvalue weighted by molar-refractivity contribution is 6.15. The van der Waals surface area contributed by atoms with Gasteiger partial charge in [0.05, 0.1) is 37.5 Å². The summed E-state index contributed by atoms with van der Waals surface area (Å²) in [4.78, 5) is 43.7. The van der Waals surface area contributed by atoms with E-state index in [0.29, 0.717) is 16.6 Å². The molecule has 0 spiro atoms. The van der Waals surface area contributed by atoms with E-state index in [1.807, 2.05) is 0 Å². The summed E-state index contributed by atoms with van der Waals surface area (Å²) in [6.45, 7) is 3.45. The molecule has 2 heterocycles. The highest BCUT2D eigenvalue weighted by atomic mass is 19.1. The number of ketones is 1. The predicted octanol–water partition coefficient (Wildman–Crippen LogP) is 4.97. The number of carbonyl (C=O) groups is 3. The van der Waals surface area contributed by atoms with E-state index in [4.69, 9.17) is 13.9 Å². The van der Waals surface area contributed by atoms with Gasteiger partial charge in [0.15, 0.2) is 34.5 Å². The van der Waals surface area contributed by atoms with Gasteiger partial charge in [-0.05, 0) is 30.3 Å². The fourth-order valence-electron chi connectivity index (χ4n) is 4.15. The number of carbonyl (C=O) groups excluding carboxylic acids is 3. The van der Waals surface area contributed by atoms with Gasteiger partial charge in [-0.1, -0.05) is 6.58 Å². The topological polar surface area (TPSA) is 135 Å². The molecule has 0 fully saturated rings. The minimum atomic E-state index is -1.21. The van der Waals surface area contributed by atoms with E-state index in [9.17, 15) is 14.4 Å². The van der Waals surface area contributed by atoms with Crippen molar-refractivity contribution in [3.8, 4) is 11.5 Å². The number of rotatable bonds is 10. The first-order valence-corrected chi connectivity index (χ1v) is 12.4. The van der Waals surface area contributed by atoms with Crippen molar-refractivity contribution in [3.63, 3.8) is 0 Å². The summed E-state index contributed by atoms with van der Waals surface area (Å²) < 4.78 is 45.7. The predicted molar refractivity (Wildman–Crippen MR) is 153 cm³/mol. The van der Waals surface area contributed by atoms with E-state index in [2.05, 4.69) is 27.5 Å². The molecule has 0 atom stereocenters. The zero-order valence-corrected chi connectivity index (χ0v) is 23.3. The number of anilines is 4. The van der Waals surface area contributed by atoms with Crippen LogP contribution in [0.25, 0.3) is 11.0 Å². The highest BCUT2D eigenvalue weighted by Gasteiger charge is 2.31. The summed E-state index contributed by atoms with van der Waals surface area (Å²) in [6.07, 6.45) is 2.40. The average Bonchev–Trinajstić information content (AvgIpc) is 3.35. The Balaban J connectivity index is 1.78. The molecule has 0 aliphatic heterocycles. The monoisotopic (exact) mass is 579 g/mol. The zero-order chi connectivity index (χ0) is 30.7. The normalized spacial score (nSPS) is 10.6. The number of nitrogens with one attached hydrogen (secondary N) is 3. The lowest BCUT2D eigenvalue weighted by molar-refractivity contribution is -0.111. The quantitative estimate of drug-likeness (QED) is 0.176. The molecule has 4 aromatic rings. The molecule has 0 radical (unpaired) electrons. The first kappa shape index (κ1) is 29.5. The second kappa shape index (κ2) is 12.0. The Morgan fingerprint density at radius 2 is 1.69 bits per heavy atom. The molecule has 2 amide bonds. The van der Waals surface area contributed by atoms with Crippen molar-refractivity contribution in [1.82, 2.24) is 9.88 Å². The van der Waals surface area contributed by atoms with E-state index >= 15 is 8.78 Å². The summed E-state index contributed by atoms with van der Waals surface area (Å²) >= 11 is 0. The lowest BCUT2D eigenvalue weighted by atomic mass is 10.0. The number of pyridine rings is 1. The molecular formula is C29H27F2N5O6. The minimum absolute atomic E-state index is 0.146. The molecule has 13 heteroatoms. The lowest BCUT2D eigenvalue weighted by Gasteiger charge is -2.15. The molecule has 218 valence electrons. The van der Waals surface area contributed by atoms with Crippen LogP contribution in [0.3, 0.4) is 0 Å². The molecule has 3 N–H and O–H groups in total. The molecule has 2 aromatic heterocycles. The van der Waals surface area contributed by atoms with E-state index in [1.165, 1.54) is 44.5 Å². The maximum atomic E-state index is 15.1.